The highest BCUT2D eigenvalue weighted by Gasteiger charge is 2.21. The summed E-state index contributed by atoms with van der Waals surface area (Å²) in [4.78, 5) is 10.4. The number of rotatable bonds is 4. The standard InChI is InChI=1S/C11H10BrF3O2/c1-2-17-11(16)8(12)5-7-9(14)3-6(13)4-10(7)15/h3-4,8H,2,5H2,1H3. The Balaban J connectivity index is 2.85. The van der Waals surface area contributed by atoms with Gasteiger partial charge in [-0.15, -0.1) is 0 Å². The predicted molar refractivity (Wildman–Crippen MR) is 59.4 cm³/mol. The first kappa shape index (κ1) is 14.0. The number of hydrogen-bond donors (Lipinski definition) is 0. The minimum Gasteiger partial charge on any atom is -0.465 e. The van der Waals surface area contributed by atoms with E-state index in [-0.39, 0.29) is 18.6 Å². The number of hydrogen-bond acceptors (Lipinski definition) is 2. The molecule has 1 rings (SSSR count). The second-order valence-electron chi connectivity index (χ2n) is 3.27. The molecule has 0 aromatic heterocycles. The van der Waals surface area contributed by atoms with Crippen LogP contribution in [0.5, 0.6) is 0 Å². The van der Waals surface area contributed by atoms with Crippen LogP contribution in [0.3, 0.4) is 0 Å². The number of carbonyl (C=O) groups is 1. The van der Waals surface area contributed by atoms with Crippen molar-refractivity contribution in [2.24, 2.45) is 0 Å². The predicted octanol–water partition coefficient (Wildman–Crippen LogP) is 2.97. The van der Waals surface area contributed by atoms with Crippen LogP contribution in [-0.2, 0) is 16.0 Å². The maximum absolute atomic E-state index is 13.3. The lowest BCUT2D eigenvalue weighted by molar-refractivity contribution is -0.142. The minimum atomic E-state index is -1.02. The maximum atomic E-state index is 13.3. The molecule has 0 saturated heterocycles. The van der Waals surface area contributed by atoms with E-state index in [1.165, 1.54) is 0 Å². The molecule has 0 amide bonds. The quantitative estimate of drug-likeness (QED) is 0.631. The Kier molecular flexibility index (Phi) is 4.99. The van der Waals surface area contributed by atoms with Crippen LogP contribution < -0.4 is 0 Å². The van der Waals surface area contributed by atoms with Gasteiger partial charge in [0.1, 0.15) is 22.3 Å². The van der Waals surface area contributed by atoms with Crippen molar-refractivity contribution in [3.05, 3.63) is 35.1 Å². The van der Waals surface area contributed by atoms with Gasteiger partial charge in [0.25, 0.3) is 0 Å². The zero-order valence-electron chi connectivity index (χ0n) is 8.97. The van der Waals surface area contributed by atoms with Crippen LogP contribution in [0.2, 0.25) is 0 Å². The summed E-state index contributed by atoms with van der Waals surface area (Å²) in [6.07, 6.45) is -0.239. The van der Waals surface area contributed by atoms with Crippen molar-refractivity contribution < 1.29 is 22.7 Å². The second kappa shape index (κ2) is 6.05. The topological polar surface area (TPSA) is 26.3 Å². The average molecular weight is 311 g/mol. The third kappa shape index (κ3) is 3.73. The van der Waals surface area contributed by atoms with Crippen molar-refractivity contribution in [1.82, 2.24) is 0 Å². The fourth-order valence-corrected chi connectivity index (χ4v) is 1.72. The molecule has 0 radical (unpaired) electrons. The molecule has 1 aromatic rings. The van der Waals surface area contributed by atoms with Gasteiger partial charge in [0, 0.05) is 24.1 Å². The van der Waals surface area contributed by atoms with Crippen LogP contribution in [0.1, 0.15) is 12.5 Å². The Morgan fingerprint density at radius 2 is 1.88 bits per heavy atom. The van der Waals surface area contributed by atoms with Gasteiger partial charge in [-0.1, -0.05) is 15.9 Å². The van der Waals surface area contributed by atoms with Crippen molar-refractivity contribution in [3.8, 4) is 0 Å². The lowest BCUT2D eigenvalue weighted by Gasteiger charge is -2.10. The van der Waals surface area contributed by atoms with Crippen LogP contribution in [0, 0.1) is 17.5 Å². The van der Waals surface area contributed by atoms with Gasteiger partial charge in [-0.05, 0) is 6.92 Å². The molecule has 1 aromatic carbocycles. The number of benzene rings is 1. The van der Waals surface area contributed by atoms with Crippen molar-refractivity contribution in [2.75, 3.05) is 6.61 Å². The van der Waals surface area contributed by atoms with E-state index in [1.54, 1.807) is 6.92 Å². The number of alkyl halides is 1. The van der Waals surface area contributed by atoms with Crippen molar-refractivity contribution in [2.45, 2.75) is 18.2 Å². The number of ether oxygens (including phenoxy) is 1. The summed E-state index contributed by atoms with van der Waals surface area (Å²) in [7, 11) is 0. The van der Waals surface area contributed by atoms with Gasteiger partial charge >= 0.3 is 5.97 Å². The molecular formula is C11H10BrF3O2. The molecule has 1 atom stereocenters. The molecular weight excluding hydrogens is 301 g/mol. The number of esters is 1. The zero-order valence-corrected chi connectivity index (χ0v) is 10.6. The van der Waals surface area contributed by atoms with Crippen LogP contribution >= 0.6 is 15.9 Å². The van der Waals surface area contributed by atoms with E-state index in [9.17, 15) is 18.0 Å². The normalized spacial score (nSPS) is 12.3. The monoisotopic (exact) mass is 310 g/mol. The highest BCUT2D eigenvalue weighted by atomic mass is 79.9. The van der Waals surface area contributed by atoms with Crippen LogP contribution in [0.25, 0.3) is 0 Å². The highest BCUT2D eigenvalue weighted by molar-refractivity contribution is 9.10. The molecule has 17 heavy (non-hydrogen) atoms. The SMILES string of the molecule is CCOC(=O)C(Br)Cc1c(F)cc(F)cc1F. The average Bonchev–Trinajstić information content (AvgIpc) is 2.23. The third-order valence-electron chi connectivity index (χ3n) is 2.03. The smallest absolute Gasteiger partial charge is 0.320 e. The highest BCUT2D eigenvalue weighted by Crippen LogP contribution is 2.19. The summed E-state index contributed by atoms with van der Waals surface area (Å²) in [6.45, 7) is 1.80. The summed E-state index contributed by atoms with van der Waals surface area (Å²) in [5.41, 5.74) is -0.346. The first-order chi connectivity index (χ1) is 7.95. The third-order valence-corrected chi connectivity index (χ3v) is 2.73. The van der Waals surface area contributed by atoms with E-state index in [2.05, 4.69) is 20.7 Å². The minimum absolute atomic E-state index is 0.176. The molecule has 0 heterocycles. The molecule has 0 saturated carbocycles. The Hall–Kier alpha value is -1.04. The molecule has 0 aliphatic carbocycles. The van der Waals surface area contributed by atoms with Crippen molar-refractivity contribution in [1.29, 1.82) is 0 Å². The Bertz CT molecular complexity index is 400. The van der Waals surface area contributed by atoms with Gasteiger partial charge < -0.3 is 4.74 Å². The van der Waals surface area contributed by atoms with E-state index in [0.717, 1.165) is 0 Å². The molecule has 0 aliphatic heterocycles. The van der Waals surface area contributed by atoms with Crippen molar-refractivity contribution >= 4 is 21.9 Å². The van der Waals surface area contributed by atoms with Crippen LogP contribution in [0.4, 0.5) is 13.2 Å². The van der Waals surface area contributed by atoms with Gasteiger partial charge in [-0.25, -0.2) is 13.2 Å². The van der Waals surface area contributed by atoms with Crippen molar-refractivity contribution in [3.63, 3.8) is 0 Å². The molecule has 6 heteroatoms. The molecule has 0 N–H and O–H groups in total. The Labute approximate surface area is 105 Å². The van der Waals surface area contributed by atoms with E-state index in [0.29, 0.717) is 12.1 Å². The summed E-state index contributed by atoms with van der Waals surface area (Å²) in [5.74, 6) is -3.64. The zero-order chi connectivity index (χ0) is 13.0. The van der Waals surface area contributed by atoms with Gasteiger partial charge in [0.05, 0.1) is 6.61 Å². The molecule has 2 nitrogen and oxygen atoms in total. The molecule has 0 bridgehead atoms. The number of halogens is 4. The molecule has 94 valence electrons. The largest absolute Gasteiger partial charge is 0.465 e. The molecule has 1 unspecified atom stereocenters. The summed E-state index contributed by atoms with van der Waals surface area (Å²) in [5, 5.41) is 0. The number of carbonyl (C=O) groups excluding carboxylic acids is 1. The molecule has 0 fully saturated rings. The van der Waals surface area contributed by atoms with Crippen LogP contribution in [-0.4, -0.2) is 17.4 Å². The van der Waals surface area contributed by atoms with E-state index >= 15 is 0 Å². The lowest BCUT2D eigenvalue weighted by atomic mass is 10.1. The van der Waals surface area contributed by atoms with E-state index < -0.39 is 28.2 Å². The summed E-state index contributed by atoms with van der Waals surface area (Å²) < 4.78 is 43.9. The van der Waals surface area contributed by atoms with Gasteiger partial charge in [-0.3, -0.25) is 4.79 Å². The first-order valence-corrected chi connectivity index (χ1v) is 5.81. The Morgan fingerprint density at radius 3 is 2.35 bits per heavy atom. The Morgan fingerprint density at radius 1 is 1.35 bits per heavy atom. The first-order valence-electron chi connectivity index (χ1n) is 4.89. The molecule has 0 spiro atoms. The molecule has 0 aliphatic rings. The summed E-state index contributed by atoms with van der Waals surface area (Å²) >= 11 is 2.97. The fourth-order valence-electron chi connectivity index (χ4n) is 1.26. The fraction of sp³-hybridized carbons (Fsp3) is 0.364. The van der Waals surface area contributed by atoms with E-state index in [4.69, 9.17) is 0 Å². The van der Waals surface area contributed by atoms with Gasteiger partial charge in [0.15, 0.2) is 0 Å². The second-order valence-corrected chi connectivity index (χ2v) is 4.38. The van der Waals surface area contributed by atoms with E-state index in [1.807, 2.05) is 0 Å². The summed E-state index contributed by atoms with van der Waals surface area (Å²) in [6, 6.07) is 1.15. The lowest BCUT2D eigenvalue weighted by Crippen LogP contribution is -2.21. The van der Waals surface area contributed by atoms with Gasteiger partial charge in [0.2, 0.25) is 0 Å². The van der Waals surface area contributed by atoms with Crippen LogP contribution in [0.15, 0.2) is 12.1 Å². The van der Waals surface area contributed by atoms with Gasteiger partial charge in [-0.2, -0.15) is 0 Å². The maximum Gasteiger partial charge on any atom is 0.320 e.